The molecule has 3 aromatic rings. The van der Waals surface area contributed by atoms with Gasteiger partial charge in [-0.25, -0.2) is 22.8 Å². The Bertz CT molecular complexity index is 1520. The smallest absolute Gasteiger partial charge is 0.352 e. The van der Waals surface area contributed by atoms with Crippen molar-refractivity contribution in [2.45, 2.75) is 20.0 Å². The van der Waals surface area contributed by atoms with E-state index in [0.29, 0.717) is 16.7 Å². The molecule has 0 aliphatic carbocycles. The molecule has 0 N–H and O–H groups in total. The highest BCUT2D eigenvalue weighted by molar-refractivity contribution is 6.15. The Morgan fingerprint density at radius 1 is 0.923 bits per heavy atom. The highest BCUT2D eigenvalue weighted by Crippen LogP contribution is 2.38. The number of halogens is 5. The van der Waals surface area contributed by atoms with Crippen molar-refractivity contribution in [1.29, 1.82) is 0 Å². The lowest BCUT2D eigenvalue weighted by molar-refractivity contribution is -0.141. The summed E-state index contributed by atoms with van der Waals surface area (Å²) in [4.78, 5) is 36.9. The number of carbonyl (C=O) groups excluding carboxylic acids is 3. The summed E-state index contributed by atoms with van der Waals surface area (Å²) in [7, 11) is 1.25. The minimum absolute atomic E-state index is 0.0496. The number of hydrogen-bond donors (Lipinski definition) is 0. The molecule has 1 atom stereocenters. The van der Waals surface area contributed by atoms with Gasteiger partial charge in [0.15, 0.2) is 17.6 Å². The minimum Gasteiger partial charge on any atom is -0.473 e. The number of benzene rings is 3. The van der Waals surface area contributed by atoms with Gasteiger partial charge in [-0.15, -0.1) is 0 Å². The molecule has 0 radical (unpaired) electrons. The van der Waals surface area contributed by atoms with Crippen LogP contribution in [0.25, 0.3) is 6.08 Å². The van der Waals surface area contributed by atoms with Crippen LogP contribution in [0.2, 0.25) is 0 Å². The van der Waals surface area contributed by atoms with E-state index in [0.717, 1.165) is 6.92 Å². The molecule has 1 unspecified atom stereocenters. The van der Waals surface area contributed by atoms with Crippen molar-refractivity contribution in [3.05, 3.63) is 93.5 Å². The van der Waals surface area contributed by atoms with Crippen molar-refractivity contribution >= 4 is 23.8 Å². The highest BCUT2D eigenvalue weighted by atomic mass is 19.2. The number of rotatable bonds is 6. The zero-order chi connectivity index (χ0) is 28.6. The number of Topliss-reactive ketones (excluding diaryl/α,β-unsaturated/α-hetero) is 1. The second-order valence-corrected chi connectivity index (χ2v) is 8.25. The van der Waals surface area contributed by atoms with E-state index in [1.807, 2.05) is 0 Å². The van der Waals surface area contributed by atoms with Gasteiger partial charge in [0.25, 0.3) is 0 Å². The summed E-state index contributed by atoms with van der Waals surface area (Å²) in [6, 6.07) is 8.68. The molecular weight excluding hydrogens is 531 g/mol. The third-order valence-corrected chi connectivity index (χ3v) is 5.59. The summed E-state index contributed by atoms with van der Waals surface area (Å²) in [6.07, 6.45) is -0.355. The maximum atomic E-state index is 13.9. The average molecular weight is 548 g/mol. The van der Waals surface area contributed by atoms with Crippen molar-refractivity contribution < 1.29 is 55.3 Å². The molecule has 0 bridgehead atoms. The fraction of sp³-hybridized carbons (Fsp3) is 0.148. The molecule has 0 amide bonds. The molecule has 1 aliphatic rings. The molecule has 0 fully saturated rings. The first-order valence-electron chi connectivity index (χ1n) is 11.1. The lowest BCUT2D eigenvalue weighted by Crippen LogP contribution is -2.29. The molecule has 39 heavy (non-hydrogen) atoms. The average Bonchev–Trinajstić information content (AvgIpc) is 3.23. The summed E-state index contributed by atoms with van der Waals surface area (Å²) in [5, 5.41) is 0. The van der Waals surface area contributed by atoms with Crippen molar-refractivity contribution in [3.8, 4) is 17.2 Å². The monoisotopic (exact) mass is 548 g/mol. The van der Waals surface area contributed by atoms with Gasteiger partial charge in [0, 0.05) is 6.07 Å². The van der Waals surface area contributed by atoms with Gasteiger partial charge < -0.3 is 18.9 Å². The largest absolute Gasteiger partial charge is 0.473 e. The number of aryl methyl sites for hydroxylation is 1. The number of fused-ring (bicyclic) bond motifs is 1. The molecule has 1 aliphatic heterocycles. The Kier molecular flexibility index (Phi) is 7.39. The van der Waals surface area contributed by atoms with Gasteiger partial charge in [-0.05, 0) is 49.2 Å². The van der Waals surface area contributed by atoms with Crippen LogP contribution in [0.3, 0.4) is 0 Å². The molecule has 1 heterocycles. The normalized spacial score (nSPS) is 14.1. The standard InChI is InChI=1S/C27H17F5O7/c1-11-8-15(38-26(34)12(2)37-25-22(31)20(29)19(28)21(30)23(25)32)10-16-18(11)24(33)17(39-16)9-13-4-6-14(7-5-13)27(35)36-3/h4-10,12H,1-3H3/b17-9-. The van der Waals surface area contributed by atoms with Gasteiger partial charge in [-0.3, -0.25) is 4.79 Å². The SMILES string of the molecule is COC(=O)c1ccc(/C=C2\Oc3cc(OC(=O)C(C)Oc4c(F)c(F)c(F)c(F)c4F)cc(C)c3C2=O)cc1. The predicted octanol–water partition coefficient (Wildman–Crippen LogP) is 5.47. The molecule has 7 nitrogen and oxygen atoms in total. The Labute approximate surface area is 217 Å². The first-order valence-corrected chi connectivity index (χ1v) is 11.1. The molecule has 0 spiro atoms. The summed E-state index contributed by atoms with van der Waals surface area (Å²) >= 11 is 0. The molecule has 0 saturated carbocycles. The van der Waals surface area contributed by atoms with Crippen LogP contribution in [0.1, 0.15) is 38.8 Å². The molecule has 4 rings (SSSR count). The third-order valence-electron chi connectivity index (χ3n) is 5.59. The predicted molar refractivity (Wildman–Crippen MR) is 124 cm³/mol. The number of methoxy groups -OCH3 is 1. The molecule has 0 aromatic heterocycles. The molecule has 202 valence electrons. The second-order valence-electron chi connectivity index (χ2n) is 8.25. The van der Waals surface area contributed by atoms with Crippen molar-refractivity contribution in [2.75, 3.05) is 7.11 Å². The summed E-state index contributed by atoms with van der Waals surface area (Å²) in [5.74, 6) is -15.3. The highest BCUT2D eigenvalue weighted by Gasteiger charge is 2.32. The lowest BCUT2D eigenvalue weighted by atomic mass is 10.0. The number of hydrogen-bond acceptors (Lipinski definition) is 7. The van der Waals surface area contributed by atoms with E-state index in [1.165, 1.54) is 37.5 Å². The van der Waals surface area contributed by atoms with Crippen molar-refractivity contribution in [1.82, 2.24) is 0 Å². The number of allylic oxidation sites excluding steroid dienone is 1. The number of ketones is 1. The quantitative estimate of drug-likeness (QED) is 0.101. The minimum atomic E-state index is -2.37. The Balaban J connectivity index is 1.51. The number of esters is 2. The van der Waals surface area contributed by atoms with Crippen LogP contribution >= 0.6 is 0 Å². The van der Waals surface area contributed by atoms with E-state index in [2.05, 4.69) is 9.47 Å². The van der Waals surface area contributed by atoms with Crippen molar-refractivity contribution in [3.63, 3.8) is 0 Å². The van der Waals surface area contributed by atoms with E-state index in [9.17, 15) is 36.3 Å². The topological polar surface area (TPSA) is 88.1 Å². The van der Waals surface area contributed by atoms with Crippen LogP contribution in [0.4, 0.5) is 22.0 Å². The first-order chi connectivity index (χ1) is 18.4. The van der Waals surface area contributed by atoms with Gasteiger partial charge in [0.05, 0.1) is 18.2 Å². The van der Waals surface area contributed by atoms with Crippen LogP contribution in [0, 0.1) is 36.0 Å². The third kappa shape index (κ3) is 5.17. The van der Waals surface area contributed by atoms with Gasteiger partial charge >= 0.3 is 11.9 Å². The second kappa shape index (κ2) is 10.6. The van der Waals surface area contributed by atoms with E-state index in [4.69, 9.17) is 9.47 Å². The molecule has 12 heteroatoms. The van der Waals surface area contributed by atoms with Gasteiger partial charge in [0.1, 0.15) is 11.5 Å². The van der Waals surface area contributed by atoms with Crippen LogP contribution in [-0.4, -0.2) is 30.9 Å². The summed E-state index contributed by atoms with van der Waals surface area (Å²) < 4.78 is 87.9. The van der Waals surface area contributed by atoms with Crippen LogP contribution in [0.5, 0.6) is 17.2 Å². The number of carbonyl (C=O) groups is 3. The molecule has 0 saturated heterocycles. The van der Waals surface area contributed by atoms with E-state index in [-0.39, 0.29) is 22.8 Å². The fourth-order valence-corrected chi connectivity index (χ4v) is 3.63. The summed E-state index contributed by atoms with van der Waals surface area (Å²) in [6.45, 7) is 2.52. The number of ether oxygens (including phenoxy) is 4. The fourth-order valence-electron chi connectivity index (χ4n) is 3.63. The van der Waals surface area contributed by atoms with E-state index < -0.39 is 58.7 Å². The first kappa shape index (κ1) is 27.3. The van der Waals surface area contributed by atoms with Gasteiger partial charge in [-0.2, -0.15) is 8.78 Å². The summed E-state index contributed by atoms with van der Waals surface area (Å²) in [5.41, 5.74) is 1.40. The van der Waals surface area contributed by atoms with Gasteiger partial charge in [-0.1, -0.05) is 12.1 Å². The Morgan fingerprint density at radius 3 is 2.10 bits per heavy atom. The maximum absolute atomic E-state index is 13.9. The zero-order valence-corrected chi connectivity index (χ0v) is 20.4. The zero-order valence-electron chi connectivity index (χ0n) is 20.4. The Hall–Kier alpha value is -4.74. The van der Waals surface area contributed by atoms with Crippen LogP contribution in [-0.2, 0) is 9.53 Å². The molecule has 3 aromatic carbocycles. The van der Waals surface area contributed by atoms with E-state index in [1.54, 1.807) is 19.1 Å². The van der Waals surface area contributed by atoms with E-state index >= 15 is 0 Å². The van der Waals surface area contributed by atoms with Crippen molar-refractivity contribution in [2.24, 2.45) is 0 Å². The molecular formula is C27H17F5O7. The van der Waals surface area contributed by atoms with Gasteiger partial charge in [0.2, 0.25) is 34.9 Å². The Morgan fingerprint density at radius 2 is 1.51 bits per heavy atom. The maximum Gasteiger partial charge on any atom is 0.352 e. The van der Waals surface area contributed by atoms with Crippen LogP contribution < -0.4 is 14.2 Å². The lowest BCUT2D eigenvalue weighted by Gasteiger charge is -2.16. The van der Waals surface area contributed by atoms with Crippen LogP contribution in [0.15, 0.2) is 42.2 Å².